The molecule has 1 amide bonds. The number of rotatable bonds is 4. The summed E-state index contributed by atoms with van der Waals surface area (Å²) in [7, 11) is 0. The largest absolute Gasteiger partial charge is 0.480 e. The molecule has 7 heteroatoms. The molecule has 0 aliphatic carbocycles. The molecule has 1 saturated heterocycles. The number of hydrogen-bond acceptors (Lipinski definition) is 4. The molecule has 2 heterocycles. The van der Waals surface area contributed by atoms with Crippen LogP contribution in [0.4, 0.5) is 4.79 Å². The third-order valence-electron chi connectivity index (χ3n) is 4.62. The van der Waals surface area contributed by atoms with Gasteiger partial charge in [0.1, 0.15) is 11.6 Å². The van der Waals surface area contributed by atoms with Crippen molar-refractivity contribution in [1.29, 1.82) is 0 Å². The number of aromatic nitrogens is 1. The molecular weight excluding hydrogens is 346 g/mol. The zero-order valence-electron chi connectivity index (χ0n) is 16.0. The summed E-state index contributed by atoms with van der Waals surface area (Å²) < 4.78 is 5.32. The second kappa shape index (κ2) is 7.60. The number of H-pyrrole nitrogens is 1. The summed E-state index contributed by atoms with van der Waals surface area (Å²) in [6, 6.07) is 8.70. The number of alkyl carbamates (subject to hydrolysis) is 1. The molecule has 0 spiro atoms. The van der Waals surface area contributed by atoms with Gasteiger partial charge >= 0.3 is 12.1 Å². The molecule has 7 nitrogen and oxygen atoms in total. The van der Waals surface area contributed by atoms with E-state index in [1.54, 1.807) is 0 Å². The molecule has 0 bridgehead atoms. The smallest absolute Gasteiger partial charge is 0.407 e. The highest BCUT2D eigenvalue weighted by molar-refractivity contribution is 5.83. The maximum Gasteiger partial charge on any atom is 0.407 e. The predicted molar refractivity (Wildman–Crippen MR) is 103 cm³/mol. The van der Waals surface area contributed by atoms with E-state index in [4.69, 9.17) is 4.74 Å². The van der Waals surface area contributed by atoms with Crippen molar-refractivity contribution >= 4 is 23.0 Å². The molecular formula is C20H27N3O4. The van der Waals surface area contributed by atoms with Crippen molar-refractivity contribution in [2.75, 3.05) is 13.1 Å². The fourth-order valence-electron chi connectivity index (χ4n) is 3.56. The summed E-state index contributed by atoms with van der Waals surface area (Å²) in [5.74, 6) is -0.903. The van der Waals surface area contributed by atoms with Crippen LogP contribution in [0.15, 0.2) is 30.3 Å². The number of carboxylic acids is 1. The van der Waals surface area contributed by atoms with Crippen LogP contribution in [-0.4, -0.2) is 51.8 Å². The molecule has 0 saturated carbocycles. The van der Waals surface area contributed by atoms with E-state index in [1.165, 1.54) is 0 Å². The molecule has 3 N–H and O–H groups in total. The molecule has 1 aliphatic rings. The van der Waals surface area contributed by atoms with Gasteiger partial charge in [-0.2, -0.15) is 0 Å². The topological polar surface area (TPSA) is 94.7 Å². The molecule has 1 aromatic carbocycles. The Labute approximate surface area is 158 Å². The number of carbonyl (C=O) groups is 2. The van der Waals surface area contributed by atoms with Crippen molar-refractivity contribution in [2.24, 2.45) is 0 Å². The van der Waals surface area contributed by atoms with Gasteiger partial charge in [-0.05, 0) is 57.7 Å². The van der Waals surface area contributed by atoms with Crippen molar-refractivity contribution in [3.05, 3.63) is 36.0 Å². The molecule has 3 rings (SSSR count). The lowest BCUT2D eigenvalue weighted by Crippen LogP contribution is -2.50. The number of benzene rings is 1. The van der Waals surface area contributed by atoms with Crippen LogP contribution >= 0.6 is 0 Å². The summed E-state index contributed by atoms with van der Waals surface area (Å²) >= 11 is 0. The summed E-state index contributed by atoms with van der Waals surface area (Å²) in [6.45, 7) is 6.58. The molecule has 146 valence electrons. The zero-order chi connectivity index (χ0) is 19.6. The summed E-state index contributed by atoms with van der Waals surface area (Å²) in [6.07, 6.45) is 1.14. The first-order valence-electron chi connectivity index (χ1n) is 9.27. The Kier molecular flexibility index (Phi) is 5.41. The number of hydrogen-bond donors (Lipinski definition) is 3. The van der Waals surface area contributed by atoms with Crippen molar-refractivity contribution in [3.8, 4) is 0 Å². The average Bonchev–Trinajstić information content (AvgIpc) is 2.96. The number of para-hydroxylation sites is 1. The normalized spacial score (nSPS) is 19.6. The third kappa shape index (κ3) is 4.80. The maximum absolute atomic E-state index is 12.1. The minimum Gasteiger partial charge on any atom is -0.480 e. The second-order valence-electron chi connectivity index (χ2n) is 8.03. The number of likely N-dealkylation sites (tertiary alicyclic amines) is 1. The molecule has 0 radical (unpaired) electrons. The van der Waals surface area contributed by atoms with Crippen molar-refractivity contribution in [2.45, 2.75) is 51.3 Å². The molecule has 0 unspecified atom stereocenters. The standard InChI is InChI=1S/C20H27N3O4/c1-20(2,3)27-19(26)21-14-8-6-10-23(12-14)17(18(24)25)16-11-13-7-4-5-9-15(13)22-16/h4-5,7,9,11,14,17,22H,6,8,10,12H2,1-3H3,(H,21,26)(H,24,25)/t14-,17-/m1/s1. The fourth-order valence-corrected chi connectivity index (χ4v) is 3.56. The van der Waals surface area contributed by atoms with Crippen LogP contribution in [0.25, 0.3) is 10.9 Å². The van der Waals surface area contributed by atoms with Gasteiger partial charge in [0, 0.05) is 23.8 Å². The Morgan fingerprint density at radius 2 is 2.07 bits per heavy atom. The van der Waals surface area contributed by atoms with Gasteiger partial charge < -0.3 is 20.1 Å². The summed E-state index contributed by atoms with van der Waals surface area (Å²) in [5, 5.41) is 13.7. The van der Waals surface area contributed by atoms with Crippen LogP contribution in [0, 0.1) is 0 Å². The first-order chi connectivity index (χ1) is 12.7. The Balaban J connectivity index is 1.74. The number of carbonyl (C=O) groups excluding carboxylic acids is 1. The average molecular weight is 373 g/mol. The van der Waals surface area contributed by atoms with Crippen LogP contribution in [0.3, 0.4) is 0 Å². The Hall–Kier alpha value is -2.54. The first-order valence-corrected chi connectivity index (χ1v) is 9.27. The predicted octanol–water partition coefficient (Wildman–Crippen LogP) is 3.28. The van der Waals surface area contributed by atoms with Crippen LogP contribution in [0.2, 0.25) is 0 Å². The Morgan fingerprint density at radius 3 is 2.74 bits per heavy atom. The van der Waals surface area contributed by atoms with Gasteiger partial charge in [-0.3, -0.25) is 9.69 Å². The molecule has 27 heavy (non-hydrogen) atoms. The molecule has 1 fully saturated rings. The number of aliphatic carboxylic acids is 1. The minimum atomic E-state index is -0.903. The van der Waals surface area contributed by atoms with Crippen molar-refractivity contribution in [3.63, 3.8) is 0 Å². The highest BCUT2D eigenvalue weighted by atomic mass is 16.6. The third-order valence-corrected chi connectivity index (χ3v) is 4.62. The van der Waals surface area contributed by atoms with Gasteiger partial charge in [0.15, 0.2) is 0 Å². The lowest BCUT2D eigenvalue weighted by Gasteiger charge is -2.36. The number of nitrogens with zero attached hydrogens (tertiary/aromatic N) is 1. The lowest BCUT2D eigenvalue weighted by atomic mass is 10.0. The number of piperidine rings is 1. The van der Waals surface area contributed by atoms with Gasteiger partial charge in [0.2, 0.25) is 0 Å². The molecule has 2 aromatic rings. The van der Waals surface area contributed by atoms with E-state index in [0.717, 1.165) is 23.7 Å². The van der Waals surface area contributed by atoms with Gasteiger partial charge in [0.05, 0.1) is 0 Å². The summed E-state index contributed by atoms with van der Waals surface area (Å²) in [4.78, 5) is 29.2. The van der Waals surface area contributed by atoms with Crippen LogP contribution in [0.5, 0.6) is 0 Å². The van der Waals surface area contributed by atoms with E-state index in [9.17, 15) is 14.7 Å². The lowest BCUT2D eigenvalue weighted by molar-refractivity contribution is -0.144. The number of aromatic amines is 1. The van der Waals surface area contributed by atoms with E-state index in [2.05, 4.69) is 10.3 Å². The first kappa shape index (κ1) is 19.2. The summed E-state index contributed by atoms with van der Waals surface area (Å²) in [5.41, 5.74) is 1.01. The Morgan fingerprint density at radius 1 is 1.33 bits per heavy atom. The number of carboxylic acid groups (broad SMARTS) is 1. The monoisotopic (exact) mass is 373 g/mol. The number of nitrogens with one attached hydrogen (secondary N) is 2. The van der Waals surface area contributed by atoms with Crippen LogP contribution in [0.1, 0.15) is 45.3 Å². The molecule has 2 atom stereocenters. The van der Waals surface area contributed by atoms with Gasteiger partial charge in [-0.15, -0.1) is 0 Å². The molecule has 1 aliphatic heterocycles. The quantitative estimate of drug-likeness (QED) is 0.764. The minimum absolute atomic E-state index is 0.139. The number of fused-ring (bicyclic) bond motifs is 1. The highest BCUT2D eigenvalue weighted by Gasteiger charge is 2.33. The Bertz CT molecular complexity index is 791. The fraction of sp³-hybridized carbons (Fsp3) is 0.500. The van der Waals surface area contributed by atoms with E-state index in [-0.39, 0.29) is 6.04 Å². The molecule has 1 aromatic heterocycles. The van der Waals surface area contributed by atoms with E-state index in [1.807, 2.05) is 56.0 Å². The second-order valence-corrected chi connectivity index (χ2v) is 8.03. The van der Waals surface area contributed by atoms with Gasteiger partial charge in [0.25, 0.3) is 0 Å². The zero-order valence-corrected chi connectivity index (χ0v) is 16.0. The van der Waals surface area contributed by atoms with E-state index >= 15 is 0 Å². The maximum atomic E-state index is 12.1. The van der Waals surface area contributed by atoms with Crippen molar-refractivity contribution < 1.29 is 19.4 Å². The van der Waals surface area contributed by atoms with Crippen LogP contribution < -0.4 is 5.32 Å². The van der Waals surface area contributed by atoms with Gasteiger partial charge in [-0.25, -0.2) is 4.79 Å². The highest BCUT2D eigenvalue weighted by Crippen LogP contribution is 2.27. The SMILES string of the molecule is CC(C)(C)OC(=O)N[C@@H]1CCCN([C@@H](C(=O)O)c2cc3ccccc3[nH]2)C1. The van der Waals surface area contributed by atoms with Crippen molar-refractivity contribution in [1.82, 2.24) is 15.2 Å². The van der Waals surface area contributed by atoms with Gasteiger partial charge in [-0.1, -0.05) is 18.2 Å². The van der Waals surface area contributed by atoms with E-state index in [0.29, 0.717) is 18.8 Å². The number of amides is 1. The van der Waals surface area contributed by atoms with E-state index < -0.39 is 23.7 Å². The number of ether oxygens (including phenoxy) is 1. The van der Waals surface area contributed by atoms with Crippen LogP contribution in [-0.2, 0) is 9.53 Å².